The molecule has 2 N–H and O–H groups in total. The molecule has 0 radical (unpaired) electrons. The molecular formula is C12H8F5NO3. The van der Waals surface area contributed by atoms with Gasteiger partial charge in [0.1, 0.15) is 18.0 Å². The predicted molar refractivity (Wildman–Crippen MR) is 62.8 cm³/mol. The number of hydrogen-bond acceptors (Lipinski definition) is 3. The number of nitrogens with zero attached hydrogens (tertiary/aromatic N) is 1. The summed E-state index contributed by atoms with van der Waals surface area (Å²) in [6.07, 6.45) is 0.496. The van der Waals surface area contributed by atoms with Gasteiger partial charge in [0.25, 0.3) is 0 Å². The Labute approximate surface area is 114 Å². The summed E-state index contributed by atoms with van der Waals surface area (Å²) in [5, 5.41) is 18.4. The second kappa shape index (κ2) is 6.82. The van der Waals surface area contributed by atoms with Crippen LogP contribution in [0.25, 0.3) is 5.76 Å². The van der Waals surface area contributed by atoms with Gasteiger partial charge in [-0.1, -0.05) is 0 Å². The number of aliphatic hydroxyl groups is 1. The third-order valence-corrected chi connectivity index (χ3v) is 2.28. The minimum Gasteiger partial charge on any atom is -0.506 e. The van der Waals surface area contributed by atoms with Crippen LogP contribution in [0.15, 0.2) is 16.6 Å². The van der Waals surface area contributed by atoms with Crippen LogP contribution in [0.4, 0.5) is 22.0 Å². The number of carboxylic acid groups (broad SMARTS) is 1. The summed E-state index contributed by atoms with van der Waals surface area (Å²) in [7, 11) is 0. The van der Waals surface area contributed by atoms with E-state index < -0.39 is 59.4 Å². The molecule has 0 saturated carbocycles. The second-order valence-corrected chi connectivity index (χ2v) is 3.64. The van der Waals surface area contributed by atoms with Gasteiger partial charge in [0, 0.05) is 6.21 Å². The molecule has 0 amide bonds. The normalized spacial score (nSPS) is 12.6. The summed E-state index contributed by atoms with van der Waals surface area (Å²) < 4.78 is 64.1. The number of rotatable bonds is 5. The van der Waals surface area contributed by atoms with Crippen LogP contribution < -0.4 is 0 Å². The molecule has 0 heterocycles. The number of aliphatic imine (C=N–C) groups is 1. The topological polar surface area (TPSA) is 69.9 Å². The maximum atomic E-state index is 13.4. The van der Waals surface area contributed by atoms with E-state index in [0.717, 1.165) is 0 Å². The Balaban J connectivity index is 3.47. The molecule has 0 saturated heterocycles. The highest BCUT2D eigenvalue weighted by atomic mass is 19.2. The summed E-state index contributed by atoms with van der Waals surface area (Å²) >= 11 is 0. The van der Waals surface area contributed by atoms with Crippen molar-refractivity contribution in [1.29, 1.82) is 0 Å². The molecule has 1 aromatic carbocycles. The van der Waals surface area contributed by atoms with Gasteiger partial charge in [-0.05, 0) is 6.07 Å². The van der Waals surface area contributed by atoms with E-state index in [9.17, 15) is 31.9 Å². The van der Waals surface area contributed by atoms with Gasteiger partial charge in [-0.2, -0.15) is 0 Å². The monoisotopic (exact) mass is 309 g/mol. The highest BCUT2D eigenvalue weighted by Crippen LogP contribution is 2.25. The molecular weight excluding hydrogens is 301 g/mol. The summed E-state index contributed by atoms with van der Waals surface area (Å²) in [5.74, 6) is -11.3. The maximum Gasteiger partial charge on any atom is 0.341 e. The first kappa shape index (κ1) is 16.6. The number of benzene rings is 1. The lowest BCUT2D eigenvalue weighted by molar-refractivity contribution is -0.132. The van der Waals surface area contributed by atoms with Gasteiger partial charge in [-0.3, -0.25) is 4.99 Å². The molecule has 0 aromatic heterocycles. The van der Waals surface area contributed by atoms with Crippen molar-refractivity contribution in [1.82, 2.24) is 0 Å². The molecule has 9 heteroatoms. The van der Waals surface area contributed by atoms with Crippen molar-refractivity contribution in [2.24, 2.45) is 4.99 Å². The van der Waals surface area contributed by atoms with Crippen molar-refractivity contribution in [3.05, 3.63) is 40.5 Å². The Morgan fingerprint density at radius 3 is 2.29 bits per heavy atom. The number of carbonyl (C=O) groups is 1. The van der Waals surface area contributed by atoms with Crippen LogP contribution >= 0.6 is 0 Å². The van der Waals surface area contributed by atoms with Crippen molar-refractivity contribution in [2.45, 2.75) is 0 Å². The van der Waals surface area contributed by atoms with Crippen molar-refractivity contribution in [3.8, 4) is 0 Å². The third-order valence-electron chi connectivity index (χ3n) is 2.28. The SMILES string of the molecule is O=C(O)C(C=NCCF)=C(O)c1cc(F)c(F)c(F)c1F. The maximum absolute atomic E-state index is 13.4. The average molecular weight is 309 g/mol. The van der Waals surface area contributed by atoms with Crippen molar-refractivity contribution in [2.75, 3.05) is 13.2 Å². The standard InChI is InChI=1S/C12H8F5NO3/c13-1-2-18-4-6(12(20)21)11(19)5-3-7(14)9(16)10(17)8(5)15/h3-4,19H,1-2H2,(H,20,21). The molecule has 21 heavy (non-hydrogen) atoms. The fourth-order valence-electron chi connectivity index (χ4n) is 1.31. The minimum atomic E-state index is -2.21. The minimum absolute atomic E-state index is 0.0923. The first-order valence-corrected chi connectivity index (χ1v) is 5.36. The molecule has 0 aliphatic rings. The van der Waals surface area contributed by atoms with Gasteiger partial charge in [-0.25, -0.2) is 26.7 Å². The van der Waals surface area contributed by atoms with Crippen molar-refractivity contribution in [3.63, 3.8) is 0 Å². The van der Waals surface area contributed by atoms with Gasteiger partial charge < -0.3 is 10.2 Å². The zero-order chi connectivity index (χ0) is 16.2. The first-order chi connectivity index (χ1) is 9.81. The largest absolute Gasteiger partial charge is 0.506 e. The Kier molecular flexibility index (Phi) is 5.39. The van der Waals surface area contributed by atoms with Crippen LogP contribution in [0.5, 0.6) is 0 Å². The van der Waals surface area contributed by atoms with Gasteiger partial charge in [0.15, 0.2) is 23.3 Å². The molecule has 1 aromatic rings. The zero-order valence-electron chi connectivity index (χ0n) is 10.2. The second-order valence-electron chi connectivity index (χ2n) is 3.64. The third kappa shape index (κ3) is 3.56. The zero-order valence-corrected chi connectivity index (χ0v) is 10.2. The highest BCUT2D eigenvalue weighted by molar-refractivity contribution is 6.14. The molecule has 1 rings (SSSR count). The van der Waals surface area contributed by atoms with Crippen molar-refractivity contribution >= 4 is 17.9 Å². The van der Waals surface area contributed by atoms with E-state index in [1.165, 1.54) is 0 Å². The average Bonchev–Trinajstić information content (AvgIpc) is 2.44. The van der Waals surface area contributed by atoms with Gasteiger partial charge in [0.05, 0.1) is 12.1 Å². The van der Waals surface area contributed by atoms with E-state index in [1.54, 1.807) is 0 Å². The molecule has 0 aliphatic carbocycles. The highest BCUT2D eigenvalue weighted by Gasteiger charge is 2.24. The quantitative estimate of drug-likeness (QED) is 0.219. The van der Waals surface area contributed by atoms with Crippen LogP contribution in [0.2, 0.25) is 0 Å². The first-order valence-electron chi connectivity index (χ1n) is 5.36. The van der Waals surface area contributed by atoms with E-state index >= 15 is 0 Å². The van der Waals surface area contributed by atoms with E-state index in [2.05, 4.69) is 4.99 Å². The Morgan fingerprint density at radius 2 is 1.76 bits per heavy atom. The molecule has 0 fully saturated rings. The smallest absolute Gasteiger partial charge is 0.341 e. The molecule has 0 bridgehead atoms. The number of hydrogen-bond donors (Lipinski definition) is 2. The van der Waals surface area contributed by atoms with E-state index in [4.69, 9.17) is 5.11 Å². The van der Waals surface area contributed by atoms with Crippen LogP contribution in [-0.2, 0) is 4.79 Å². The lowest BCUT2D eigenvalue weighted by atomic mass is 10.1. The van der Waals surface area contributed by atoms with Gasteiger partial charge >= 0.3 is 5.97 Å². The molecule has 0 aliphatic heterocycles. The van der Waals surface area contributed by atoms with Gasteiger partial charge in [0.2, 0.25) is 0 Å². The molecule has 0 atom stereocenters. The van der Waals surface area contributed by atoms with Crippen LogP contribution in [0, 0.1) is 23.3 Å². The number of carboxylic acids is 1. The fraction of sp³-hybridized carbons (Fsp3) is 0.167. The van der Waals surface area contributed by atoms with Gasteiger partial charge in [-0.15, -0.1) is 0 Å². The number of halogens is 5. The molecule has 0 unspecified atom stereocenters. The number of aliphatic hydroxyl groups excluding tert-OH is 1. The van der Waals surface area contributed by atoms with Crippen LogP contribution in [-0.4, -0.2) is 35.6 Å². The summed E-state index contributed by atoms with van der Waals surface area (Å²) in [6, 6.07) is 0.0923. The van der Waals surface area contributed by atoms with Crippen LogP contribution in [0.3, 0.4) is 0 Å². The summed E-state index contributed by atoms with van der Waals surface area (Å²) in [6.45, 7) is -1.35. The molecule has 0 spiro atoms. The van der Waals surface area contributed by atoms with Crippen molar-refractivity contribution < 1.29 is 37.0 Å². The van der Waals surface area contributed by atoms with E-state index in [0.29, 0.717) is 6.21 Å². The number of aliphatic carboxylic acids is 1. The summed E-state index contributed by atoms with van der Waals surface area (Å²) in [5.41, 5.74) is -2.23. The Hall–Kier alpha value is -2.45. The Bertz CT molecular complexity index is 628. The van der Waals surface area contributed by atoms with E-state index in [-0.39, 0.29) is 6.07 Å². The van der Waals surface area contributed by atoms with Crippen LogP contribution in [0.1, 0.15) is 5.56 Å². The lowest BCUT2D eigenvalue weighted by Gasteiger charge is -2.07. The molecule has 4 nitrogen and oxygen atoms in total. The Morgan fingerprint density at radius 1 is 1.14 bits per heavy atom. The fourth-order valence-corrected chi connectivity index (χ4v) is 1.31. The van der Waals surface area contributed by atoms with E-state index in [1.807, 2.05) is 0 Å². The predicted octanol–water partition coefficient (Wildman–Crippen LogP) is 2.64. The molecule has 114 valence electrons. The lowest BCUT2D eigenvalue weighted by Crippen LogP contribution is -2.09. The summed E-state index contributed by atoms with van der Waals surface area (Å²) in [4.78, 5) is 14.1. The number of alkyl halides is 1.